The number of thioether (sulfide) groups is 1. The Bertz CT molecular complexity index is 319. The van der Waals surface area contributed by atoms with E-state index in [9.17, 15) is 4.39 Å². The SMILES string of the molecule is CCNC(c1ccc(F)cc1)C1CCCS1. The van der Waals surface area contributed by atoms with Crippen molar-refractivity contribution >= 4 is 11.8 Å². The molecule has 2 atom stereocenters. The lowest BCUT2D eigenvalue weighted by Gasteiger charge is -2.24. The number of hydrogen-bond acceptors (Lipinski definition) is 2. The van der Waals surface area contributed by atoms with Gasteiger partial charge in [0.2, 0.25) is 0 Å². The summed E-state index contributed by atoms with van der Waals surface area (Å²) in [6.07, 6.45) is 2.57. The van der Waals surface area contributed by atoms with Crippen molar-refractivity contribution in [3.05, 3.63) is 35.6 Å². The summed E-state index contributed by atoms with van der Waals surface area (Å²) >= 11 is 2.03. The van der Waals surface area contributed by atoms with Crippen LogP contribution in [0.25, 0.3) is 0 Å². The average Bonchev–Trinajstić information content (AvgIpc) is 2.81. The monoisotopic (exact) mass is 239 g/mol. The van der Waals surface area contributed by atoms with Gasteiger partial charge in [0.05, 0.1) is 0 Å². The van der Waals surface area contributed by atoms with Crippen molar-refractivity contribution in [2.45, 2.75) is 31.1 Å². The summed E-state index contributed by atoms with van der Waals surface area (Å²) in [5, 5.41) is 4.16. The molecule has 1 aromatic rings. The molecule has 1 N–H and O–H groups in total. The third-order valence-electron chi connectivity index (χ3n) is 2.99. The van der Waals surface area contributed by atoms with Crippen LogP contribution in [0.4, 0.5) is 4.39 Å². The first-order chi connectivity index (χ1) is 7.81. The summed E-state index contributed by atoms with van der Waals surface area (Å²) in [5.41, 5.74) is 1.21. The molecular weight excluding hydrogens is 221 g/mol. The van der Waals surface area contributed by atoms with E-state index >= 15 is 0 Å². The summed E-state index contributed by atoms with van der Waals surface area (Å²) in [7, 11) is 0. The molecule has 2 rings (SSSR count). The number of rotatable bonds is 4. The van der Waals surface area contributed by atoms with E-state index in [1.54, 1.807) is 12.1 Å². The van der Waals surface area contributed by atoms with Crippen molar-refractivity contribution in [1.29, 1.82) is 0 Å². The van der Waals surface area contributed by atoms with Gasteiger partial charge in [0.25, 0.3) is 0 Å². The van der Waals surface area contributed by atoms with Gasteiger partial charge in [-0.3, -0.25) is 0 Å². The largest absolute Gasteiger partial charge is 0.309 e. The van der Waals surface area contributed by atoms with E-state index in [0.29, 0.717) is 11.3 Å². The second kappa shape index (κ2) is 5.69. The highest BCUT2D eigenvalue weighted by Crippen LogP contribution is 2.35. The minimum Gasteiger partial charge on any atom is -0.309 e. The maximum atomic E-state index is 12.9. The van der Waals surface area contributed by atoms with E-state index in [1.807, 2.05) is 23.9 Å². The Hall–Kier alpha value is -0.540. The highest BCUT2D eigenvalue weighted by atomic mass is 32.2. The molecule has 1 aliphatic rings. The van der Waals surface area contributed by atoms with Crippen molar-refractivity contribution in [1.82, 2.24) is 5.32 Å². The first-order valence-electron chi connectivity index (χ1n) is 5.91. The molecule has 0 spiro atoms. The molecule has 1 fully saturated rings. The Morgan fingerprint density at radius 3 is 2.75 bits per heavy atom. The summed E-state index contributed by atoms with van der Waals surface area (Å²) in [6.45, 7) is 3.08. The van der Waals surface area contributed by atoms with E-state index in [0.717, 1.165) is 6.54 Å². The molecule has 0 aromatic heterocycles. The van der Waals surface area contributed by atoms with Gasteiger partial charge in [-0.2, -0.15) is 11.8 Å². The average molecular weight is 239 g/mol. The molecule has 3 heteroatoms. The Labute approximate surface area is 101 Å². The molecule has 1 aliphatic heterocycles. The molecule has 2 unspecified atom stereocenters. The minimum atomic E-state index is -0.155. The van der Waals surface area contributed by atoms with Gasteiger partial charge in [0.15, 0.2) is 0 Å². The maximum Gasteiger partial charge on any atom is 0.123 e. The van der Waals surface area contributed by atoms with E-state index in [4.69, 9.17) is 0 Å². The topological polar surface area (TPSA) is 12.0 Å². The molecule has 0 amide bonds. The van der Waals surface area contributed by atoms with Gasteiger partial charge in [-0.1, -0.05) is 19.1 Å². The van der Waals surface area contributed by atoms with Crippen molar-refractivity contribution in [2.75, 3.05) is 12.3 Å². The number of nitrogens with one attached hydrogen (secondary N) is 1. The first kappa shape index (κ1) is 11.9. The molecule has 1 aromatic carbocycles. The van der Waals surface area contributed by atoms with Crippen LogP contribution in [0.5, 0.6) is 0 Å². The van der Waals surface area contributed by atoms with Gasteiger partial charge < -0.3 is 5.32 Å². The first-order valence-corrected chi connectivity index (χ1v) is 6.96. The fourth-order valence-electron chi connectivity index (χ4n) is 2.22. The summed E-state index contributed by atoms with van der Waals surface area (Å²) in [5.74, 6) is 1.10. The third kappa shape index (κ3) is 2.77. The molecule has 1 saturated heterocycles. The zero-order valence-electron chi connectivity index (χ0n) is 9.58. The van der Waals surface area contributed by atoms with Crippen molar-refractivity contribution < 1.29 is 4.39 Å². The summed E-state index contributed by atoms with van der Waals surface area (Å²) < 4.78 is 12.9. The van der Waals surface area contributed by atoms with E-state index in [2.05, 4.69) is 12.2 Å². The highest BCUT2D eigenvalue weighted by Gasteiger charge is 2.26. The van der Waals surface area contributed by atoms with Crippen molar-refractivity contribution in [3.8, 4) is 0 Å². The van der Waals surface area contributed by atoms with E-state index in [1.165, 1.54) is 24.2 Å². The summed E-state index contributed by atoms with van der Waals surface area (Å²) in [6, 6.07) is 7.29. The number of halogens is 1. The lowest BCUT2D eigenvalue weighted by atomic mass is 10.0. The Kier molecular flexibility index (Phi) is 4.24. The zero-order chi connectivity index (χ0) is 11.4. The highest BCUT2D eigenvalue weighted by molar-refractivity contribution is 8.00. The third-order valence-corrected chi connectivity index (χ3v) is 4.45. The van der Waals surface area contributed by atoms with E-state index in [-0.39, 0.29) is 5.82 Å². The lowest BCUT2D eigenvalue weighted by Crippen LogP contribution is -2.28. The van der Waals surface area contributed by atoms with Crippen LogP contribution in [0.2, 0.25) is 0 Å². The van der Waals surface area contributed by atoms with Crippen LogP contribution in [0, 0.1) is 5.82 Å². The van der Waals surface area contributed by atoms with Gasteiger partial charge in [0.1, 0.15) is 5.82 Å². The standard InChI is InChI=1S/C13H18FNS/c1-2-15-13(12-4-3-9-16-12)10-5-7-11(14)8-6-10/h5-8,12-13,15H,2-4,9H2,1H3. The minimum absolute atomic E-state index is 0.155. The molecular formula is C13H18FNS. The van der Waals surface area contributed by atoms with Gasteiger partial charge in [-0.15, -0.1) is 0 Å². The van der Waals surface area contributed by atoms with Gasteiger partial charge in [0, 0.05) is 11.3 Å². The molecule has 1 heterocycles. The van der Waals surface area contributed by atoms with Gasteiger partial charge in [-0.25, -0.2) is 4.39 Å². The van der Waals surface area contributed by atoms with Crippen LogP contribution in [0.1, 0.15) is 31.4 Å². The quantitative estimate of drug-likeness (QED) is 0.864. The normalized spacial score (nSPS) is 22.2. The Balaban J connectivity index is 2.14. The molecule has 0 radical (unpaired) electrons. The molecule has 16 heavy (non-hydrogen) atoms. The van der Waals surface area contributed by atoms with Crippen LogP contribution in [-0.4, -0.2) is 17.5 Å². The summed E-state index contributed by atoms with van der Waals surface area (Å²) in [4.78, 5) is 0. The second-order valence-corrected chi connectivity index (χ2v) is 5.49. The van der Waals surface area contributed by atoms with Crippen LogP contribution in [0.3, 0.4) is 0 Å². The predicted molar refractivity (Wildman–Crippen MR) is 68.3 cm³/mol. The lowest BCUT2D eigenvalue weighted by molar-refractivity contribution is 0.518. The predicted octanol–water partition coefficient (Wildman–Crippen LogP) is 3.37. The molecule has 88 valence electrons. The number of hydrogen-bond donors (Lipinski definition) is 1. The van der Waals surface area contributed by atoms with Crippen LogP contribution >= 0.6 is 11.8 Å². The van der Waals surface area contributed by atoms with Crippen LogP contribution in [-0.2, 0) is 0 Å². The smallest absolute Gasteiger partial charge is 0.123 e. The van der Waals surface area contributed by atoms with Crippen LogP contribution in [0.15, 0.2) is 24.3 Å². The van der Waals surface area contributed by atoms with Crippen molar-refractivity contribution in [2.24, 2.45) is 0 Å². The van der Waals surface area contributed by atoms with Gasteiger partial charge in [-0.05, 0) is 42.8 Å². The molecule has 1 nitrogen and oxygen atoms in total. The molecule has 0 aliphatic carbocycles. The molecule has 0 saturated carbocycles. The fraction of sp³-hybridized carbons (Fsp3) is 0.538. The van der Waals surface area contributed by atoms with Crippen molar-refractivity contribution in [3.63, 3.8) is 0 Å². The zero-order valence-corrected chi connectivity index (χ0v) is 10.4. The number of benzene rings is 1. The fourth-order valence-corrected chi connectivity index (χ4v) is 3.63. The van der Waals surface area contributed by atoms with E-state index < -0.39 is 0 Å². The van der Waals surface area contributed by atoms with Gasteiger partial charge >= 0.3 is 0 Å². The maximum absolute atomic E-state index is 12.9. The second-order valence-electron chi connectivity index (χ2n) is 4.14. The Morgan fingerprint density at radius 1 is 1.44 bits per heavy atom. The van der Waals surface area contributed by atoms with Crippen LogP contribution < -0.4 is 5.32 Å². The Morgan fingerprint density at radius 2 is 2.19 bits per heavy atom. The molecule has 0 bridgehead atoms.